The van der Waals surface area contributed by atoms with E-state index in [0.717, 1.165) is 18.0 Å². The van der Waals surface area contributed by atoms with Crippen LogP contribution in [-0.2, 0) is 4.79 Å². The van der Waals surface area contributed by atoms with Crippen LogP contribution in [0.2, 0.25) is 0 Å². The highest BCUT2D eigenvalue weighted by molar-refractivity contribution is 5.81. The van der Waals surface area contributed by atoms with E-state index in [4.69, 9.17) is 4.74 Å². The Morgan fingerprint density at radius 1 is 1.12 bits per heavy atom. The minimum absolute atomic E-state index is 0.00786. The van der Waals surface area contributed by atoms with Gasteiger partial charge in [0.15, 0.2) is 0 Å². The Hall–Kier alpha value is -2.49. The second-order valence-corrected chi connectivity index (χ2v) is 5.82. The van der Waals surface area contributed by atoms with Gasteiger partial charge in [0.1, 0.15) is 12.4 Å². The Morgan fingerprint density at radius 3 is 2.54 bits per heavy atom. The van der Waals surface area contributed by atoms with Crippen molar-refractivity contribution in [1.29, 1.82) is 0 Å². The summed E-state index contributed by atoms with van der Waals surface area (Å²) in [7, 11) is 0. The van der Waals surface area contributed by atoms with Gasteiger partial charge < -0.3 is 15.0 Å². The molecule has 0 saturated carbocycles. The van der Waals surface area contributed by atoms with Crippen molar-refractivity contribution in [3.8, 4) is 5.75 Å². The summed E-state index contributed by atoms with van der Waals surface area (Å²) in [6, 6.07) is 15.9. The van der Waals surface area contributed by atoms with Crippen molar-refractivity contribution >= 4 is 11.6 Å². The maximum atomic E-state index is 12.2. The zero-order valence-corrected chi connectivity index (χ0v) is 14.7. The number of para-hydroxylation sites is 1. The van der Waals surface area contributed by atoms with Crippen LogP contribution in [0.3, 0.4) is 0 Å². The SMILES string of the molecule is CCN(CC(=O)NCCOc1ccccc1)c1ccc(C)cc1C. The minimum Gasteiger partial charge on any atom is -0.492 e. The van der Waals surface area contributed by atoms with Crippen molar-refractivity contribution in [3.63, 3.8) is 0 Å². The molecule has 0 unspecified atom stereocenters. The highest BCUT2D eigenvalue weighted by atomic mass is 16.5. The van der Waals surface area contributed by atoms with Gasteiger partial charge in [-0.3, -0.25) is 4.79 Å². The Bertz CT molecular complexity index is 656. The van der Waals surface area contributed by atoms with Crippen LogP contribution in [-0.4, -0.2) is 32.1 Å². The predicted molar refractivity (Wildman–Crippen MR) is 98.7 cm³/mol. The quantitative estimate of drug-likeness (QED) is 0.757. The molecule has 1 amide bonds. The third-order valence-corrected chi connectivity index (χ3v) is 3.85. The number of carbonyl (C=O) groups excluding carboxylic acids is 1. The number of hydrogen-bond acceptors (Lipinski definition) is 3. The second kappa shape index (κ2) is 8.96. The van der Waals surface area contributed by atoms with E-state index in [0.29, 0.717) is 19.7 Å². The molecule has 0 heterocycles. The molecule has 2 aromatic carbocycles. The topological polar surface area (TPSA) is 41.6 Å². The number of ether oxygens (including phenoxy) is 1. The highest BCUT2D eigenvalue weighted by Gasteiger charge is 2.11. The van der Waals surface area contributed by atoms with Crippen molar-refractivity contribution in [3.05, 3.63) is 59.7 Å². The lowest BCUT2D eigenvalue weighted by atomic mass is 10.1. The molecule has 0 fully saturated rings. The van der Waals surface area contributed by atoms with E-state index >= 15 is 0 Å². The molecule has 2 rings (SSSR count). The van der Waals surface area contributed by atoms with Gasteiger partial charge in [0.2, 0.25) is 5.91 Å². The summed E-state index contributed by atoms with van der Waals surface area (Å²) in [5, 5.41) is 2.91. The van der Waals surface area contributed by atoms with Crippen LogP contribution in [0.1, 0.15) is 18.1 Å². The third-order valence-electron chi connectivity index (χ3n) is 3.85. The summed E-state index contributed by atoms with van der Waals surface area (Å²) < 4.78 is 5.58. The lowest BCUT2D eigenvalue weighted by Crippen LogP contribution is -2.39. The summed E-state index contributed by atoms with van der Waals surface area (Å²) in [4.78, 5) is 14.3. The standard InChI is InChI=1S/C20H26N2O2/c1-4-22(19-11-10-16(2)14-17(19)3)15-20(23)21-12-13-24-18-8-6-5-7-9-18/h5-11,14H,4,12-13,15H2,1-3H3,(H,21,23). The molecular weight excluding hydrogens is 300 g/mol. The number of anilines is 1. The number of nitrogens with zero attached hydrogens (tertiary/aromatic N) is 1. The zero-order chi connectivity index (χ0) is 17.4. The molecule has 0 spiro atoms. The average molecular weight is 326 g/mol. The first kappa shape index (κ1) is 17.9. The molecule has 0 aliphatic heterocycles. The van der Waals surface area contributed by atoms with Gasteiger partial charge in [0.05, 0.1) is 13.1 Å². The molecule has 0 aliphatic carbocycles. The summed E-state index contributed by atoms with van der Waals surface area (Å²) >= 11 is 0. The molecule has 0 aliphatic rings. The minimum atomic E-state index is 0.00786. The third kappa shape index (κ3) is 5.30. The first-order chi connectivity index (χ1) is 11.6. The first-order valence-electron chi connectivity index (χ1n) is 8.37. The van der Waals surface area contributed by atoms with Crippen molar-refractivity contribution in [1.82, 2.24) is 5.32 Å². The van der Waals surface area contributed by atoms with Crippen LogP contribution in [0.15, 0.2) is 48.5 Å². The lowest BCUT2D eigenvalue weighted by molar-refractivity contribution is -0.119. The summed E-state index contributed by atoms with van der Waals surface area (Å²) in [5.41, 5.74) is 3.53. The van der Waals surface area contributed by atoms with Crippen LogP contribution in [0.5, 0.6) is 5.75 Å². The van der Waals surface area contributed by atoms with Crippen LogP contribution < -0.4 is 15.0 Å². The van der Waals surface area contributed by atoms with Crippen molar-refractivity contribution in [2.45, 2.75) is 20.8 Å². The molecule has 1 N–H and O–H groups in total. The second-order valence-electron chi connectivity index (χ2n) is 5.82. The van der Waals surface area contributed by atoms with E-state index in [1.165, 1.54) is 11.1 Å². The number of hydrogen-bond donors (Lipinski definition) is 1. The van der Waals surface area contributed by atoms with E-state index in [1.54, 1.807) is 0 Å². The molecule has 0 radical (unpaired) electrons. The Labute approximate surface area is 144 Å². The number of aryl methyl sites for hydroxylation is 2. The summed E-state index contributed by atoms with van der Waals surface area (Å²) in [5.74, 6) is 0.825. The number of benzene rings is 2. The molecule has 128 valence electrons. The van der Waals surface area contributed by atoms with Gasteiger partial charge in [-0.1, -0.05) is 35.9 Å². The van der Waals surface area contributed by atoms with E-state index in [2.05, 4.69) is 49.2 Å². The molecule has 2 aromatic rings. The van der Waals surface area contributed by atoms with Crippen molar-refractivity contribution in [2.75, 3.05) is 31.1 Å². The first-order valence-corrected chi connectivity index (χ1v) is 8.37. The fraction of sp³-hybridized carbons (Fsp3) is 0.350. The maximum Gasteiger partial charge on any atom is 0.239 e. The predicted octanol–water partition coefficient (Wildman–Crippen LogP) is 3.32. The normalized spacial score (nSPS) is 10.3. The van der Waals surface area contributed by atoms with Gasteiger partial charge in [0, 0.05) is 12.2 Å². The van der Waals surface area contributed by atoms with Gasteiger partial charge in [-0.2, -0.15) is 0 Å². The fourth-order valence-electron chi connectivity index (χ4n) is 2.63. The maximum absolute atomic E-state index is 12.2. The van der Waals surface area contributed by atoms with E-state index < -0.39 is 0 Å². The number of amides is 1. The van der Waals surface area contributed by atoms with Gasteiger partial charge in [-0.15, -0.1) is 0 Å². The molecule has 0 atom stereocenters. The van der Waals surface area contributed by atoms with E-state index in [1.807, 2.05) is 30.3 Å². The smallest absolute Gasteiger partial charge is 0.239 e. The molecule has 24 heavy (non-hydrogen) atoms. The van der Waals surface area contributed by atoms with Crippen molar-refractivity contribution < 1.29 is 9.53 Å². The van der Waals surface area contributed by atoms with Gasteiger partial charge in [0.25, 0.3) is 0 Å². The number of likely N-dealkylation sites (N-methyl/N-ethyl adjacent to an activating group) is 1. The molecular formula is C20H26N2O2. The molecule has 0 saturated heterocycles. The lowest BCUT2D eigenvalue weighted by Gasteiger charge is -2.24. The zero-order valence-electron chi connectivity index (χ0n) is 14.7. The van der Waals surface area contributed by atoms with Crippen molar-refractivity contribution in [2.24, 2.45) is 0 Å². The average Bonchev–Trinajstić information content (AvgIpc) is 2.58. The molecule has 4 nitrogen and oxygen atoms in total. The van der Waals surface area contributed by atoms with Crippen LogP contribution in [0.25, 0.3) is 0 Å². The van der Waals surface area contributed by atoms with Gasteiger partial charge >= 0.3 is 0 Å². The number of nitrogens with one attached hydrogen (secondary N) is 1. The number of carbonyl (C=O) groups is 1. The fourth-order valence-corrected chi connectivity index (χ4v) is 2.63. The van der Waals surface area contributed by atoms with Gasteiger partial charge in [-0.25, -0.2) is 0 Å². The monoisotopic (exact) mass is 326 g/mol. The van der Waals surface area contributed by atoms with Gasteiger partial charge in [-0.05, 0) is 44.5 Å². The highest BCUT2D eigenvalue weighted by Crippen LogP contribution is 2.20. The molecule has 0 aromatic heterocycles. The Kier molecular flexibility index (Phi) is 6.67. The largest absolute Gasteiger partial charge is 0.492 e. The summed E-state index contributed by atoms with van der Waals surface area (Å²) in [6.45, 7) is 8.32. The molecule has 0 bridgehead atoms. The van der Waals surface area contributed by atoms with Crippen LogP contribution in [0, 0.1) is 13.8 Å². The van der Waals surface area contributed by atoms with E-state index in [9.17, 15) is 4.79 Å². The number of rotatable bonds is 8. The van der Waals surface area contributed by atoms with Crippen LogP contribution >= 0.6 is 0 Å². The Balaban J connectivity index is 1.79. The van der Waals surface area contributed by atoms with Crippen LogP contribution in [0.4, 0.5) is 5.69 Å². The Morgan fingerprint density at radius 2 is 1.88 bits per heavy atom. The molecule has 4 heteroatoms. The summed E-state index contributed by atoms with van der Waals surface area (Å²) in [6.07, 6.45) is 0. The van der Waals surface area contributed by atoms with E-state index in [-0.39, 0.29) is 5.91 Å².